The van der Waals surface area contributed by atoms with Crippen LogP contribution in [0.1, 0.15) is 67.1 Å². The van der Waals surface area contributed by atoms with E-state index in [2.05, 4.69) is 20.8 Å². The molecular weight excluding hydrogens is 394 g/mol. The molecule has 1 amide bonds. The van der Waals surface area contributed by atoms with Gasteiger partial charge in [-0.2, -0.15) is 0 Å². The minimum Gasteiger partial charge on any atom is -0.503 e. The summed E-state index contributed by atoms with van der Waals surface area (Å²) in [5.41, 5.74) is 1.95. The molecule has 164 valence electrons. The third kappa shape index (κ3) is 4.04. The van der Waals surface area contributed by atoms with Crippen molar-refractivity contribution in [1.29, 1.82) is 0 Å². The van der Waals surface area contributed by atoms with E-state index in [4.69, 9.17) is 9.15 Å². The second-order valence-corrected chi connectivity index (χ2v) is 9.37. The Hall–Kier alpha value is -2.86. The van der Waals surface area contributed by atoms with E-state index in [1.165, 1.54) is 0 Å². The zero-order valence-corrected chi connectivity index (χ0v) is 18.5. The first-order chi connectivity index (χ1) is 14.7. The molecule has 6 heteroatoms. The van der Waals surface area contributed by atoms with Crippen molar-refractivity contribution in [2.45, 2.75) is 58.1 Å². The van der Waals surface area contributed by atoms with Crippen LogP contribution in [0.5, 0.6) is 0 Å². The zero-order valence-electron chi connectivity index (χ0n) is 18.5. The van der Waals surface area contributed by atoms with E-state index in [0.717, 1.165) is 24.0 Å². The van der Waals surface area contributed by atoms with E-state index in [1.807, 2.05) is 24.3 Å². The molecule has 1 aromatic carbocycles. The highest BCUT2D eigenvalue weighted by molar-refractivity contribution is 6.15. The maximum absolute atomic E-state index is 13.3. The molecule has 0 saturated carbocycles. The number of furan rings is 1. The summed E-state index contributed by atoms with van der Waals surface area (Å²) < 4.78 is 11.2. The molecule has 0 unspecified atom stereocenters. The SMILES string of the molecule is Cc1ccc(C(=O)C2=C(O)C(=O)N(C[C@H]3CCCO3)[C@@H]2c2ccc(C(C)(C)C)cc2)o1. The summed E-state index contributed by atoms with van der Waals surface area (Å²) in [6.45, 7) is 9.12. The minimum absolute atomic E-state index is 0.0241. The van der Waals surface area contributed by atoms with E-state index in [0.29, 0.717) is 18.9 Å². The summed E-state index contributed by atoms with van der Waals surface area (Å²) in [5, 5.41) is 10.7. The highest BCUT2D eigenvalue weighted by atomic mass is 16.5. The number of rotatable bonds is 5. The Bertz CT molecular complexity index is 1020. The number of hydrogen-bond acceptors (Lipinski definition) is 5. The van der Waals surface area contributed by atoms with Gasteiger partial charge in [0.2, 0.25) is 5.78 Å². The van der Waals surface area contributed by atoms with Gasteiger partial charge in [-0.05, 0) is 48.4 Å². The number of ketones is 1. The molecule has 3 heterocycles. The van der Waals surface area contributed by atoms with E-state index >= 15 is 0 Å². The maximum atomic E-state index is 13.3. The smallest absolute Gasteiger partial charge is 0.290 e. The van der Waals surface area contributed by atoms with Gasteiger partial charge >= 0.3 is 0 Å². The van der Waals surface area contributed by atoms with E-state index in [9.17, 15) is 14.7 Å². The van der Waals surface area contributed by atoms with Gasteiger partial charge in [0.25, 0.3) is 5.91 Å². The molecule has 2 aliphatic heterocycles. The van der Waals surface area contributed by atoms with Gasteiger partial charge in [-0.3, -0.25) is 9.59 Å². The van der Waals surface area contributed by atoms with Crippen molar-refractivity contribution in [3.63, 3.8) is 0 Å². The highest BCUT2D eigenvalue weighted by Gasteiger charge is 2.45. The number of aryl methyl sites for hydroxylation is 1. The molecule has 2 aromatic rings. The molecule has 1 fully saturated rings. The van der Waals surface area contributed by atoms with Crippen molar-refractivity contribution in [2.75, 3.05) is 13.2 Å². The first-order valence-electron chi connectivity index (χ1n) is 10.7. The van der Waals surface area contributed by atoms with Gasteiger partial charge in [0.05, 0.1) is 17.7 Å². The minimum atomic E-state index is -0.691. The molecule has 0 bridgehead atoms. The Balaban J connectivity index is 1.75. The topological polar surface area (TPSA) is 80.0 Å². The van der Waals surface area contributed by atoms with Crippen molar-refractivity contribution in [3.05, 3.63) is 70.4 Å². The lowest BCUT2D eigenvalue weighted by atomic mass is 9.85. The summed E-state index contributed by atoms with van der Waals surface area (Å²) in [6.07, 6.45) is 1.68. The number of Topliss-reactive ketones (excluding diaryl/α,β-unsaturated/α-hetero) is 1. The van der Waals surface area contributed by atoms with Crippen LogP contribution in [0.15, 0.2) is 52.1 Å². The normalized spacial score (nSPS) is 21.9. The number of carbonyl (C=O) groups is 2. The van der Waals surface area contributed by atoms with E-state index < -0.39 is 23.5 Å². The summed E-state index contributed by atoms with van der Waals surface area (Å²) in [6, 6.07) is 10.5. The van der Waals surface area contributed by atoms with Crippen LogP contribution in [0.25, 0.3) is 0 Å². The molecule has 1 aromatic heterocycles. The van der Waals surface area contributed by atoms with Gasteiger partial charge in [-0.1, -0.05) is 45.0 Å². The fourth-order valence-corrected chi connectivity index (χ4v) is 4.28. The number of aliphatic hydroxyl groups is 1. The van der Waals surface area contributed by atoms with Crippen LogP contribution in [0.3, 0.4) is 0 Å². The van der Waals surface area contributed by atoms with Gasteiger partial charge in [0.1, 0.15) is 5.76 Å². The number of ether oxygens (including phenoxy) is 1. The molecule has 1 N–H and O–H groups in total. The first kappa shape index (κ1) is 21.4. The quantitative estimate of drug-likeness (QED) is 0.709. The number of nitrogens with zero attached hydrogens (tertiary/aromatic N) is 1. The van der Waals surface area contributed by atoms with Crippen molar-refractivity contribution >= 4 is 11.7 Å². The van der Waals surface area contributed by atoms with Crippen molar-refractivity contribution in [2.24, 2.45) is 0 Å². The molecule has 1 saturated heterocycles. The Morgan fingerprint density at radius 1 is 1.16 bits per heavy atom. The number of hydrogen-bond donors (Lipinski definition) is 1. The molecule has 2 aliphatic rings. The molecule has 4 rings (SSSR count). The third-order valence-corrected chi connectivity index (χ3v) is 6.03. The maximum Gasteiger partial charge on any atom is 0.290 e. The van der Waals surface area contributed by atoms with Crippen LogP contribution in [-0.4, -0.2) is 41.0 Å². The fraction of sp³-hybridized carbons (Fsp3) is 0.440. The molecule has 2 atom stereocenters. The van der Waals surface area contributed by atoms with E-state index in [-0.39, 0.29) is 22.9 Å². The molecular formula is C25H29NO5. The average molecular weight is 424 g/mol. The van der Waals surface area contributed by atoms with Crippen molar-refractivity contribution in [3.8, 4) is 0 Å². The number of amides is 1. The van der Waals surface area contributed by atoms with Gasteiger partial charge in [0.15, 0.2) is 11.5 Å². The first-order valence-corrected chi connectivity index (χ1v) is 10.7. The second kappa shape index (κ2) is 8.00. The summed E-state index contributed by atoms with van der Waals surface area (Å²) >= 11 is 0. The summed E-state index contributed by atoms with van der Waals surface area (Å²) in [5.74, 6) is -0.829. The van der Waals surface area contributed by atoms with Gasteiger partial charge in [-0.15, -0.1) is 0 Å². The molecule has 0 radical (unpaired) electrons. The monoisotopic (exact) mass is 423 g/mol. The number of carbonyl (C=O) groups excluding carboxylic acids is 2. The van der Waals surface area contributed by atoms with E-state index in [1.54, 1.807) is 24.0 Å². The van der Waals surface area contributed by atoms with Crippen molar-refractivity contribution in [1.82, 2.24) is 4.90 Å². The van der Waals surface area contributed by atoms with Gasteiger partial charge in [-0.25, -0.2) is 0 Å². The van der Waals surface area contributed by atoms with Crippen LogP contribution >= 0.6 is 0 Å². The van der Waals surface area contributed by atoms with Crippen LogP contribution < -0.4 is 0 Å². The Morgan fingerprint density at radius 2 is 1.87 bits per heavy atom. The fourth-order valence-electron chi connectivity index (χ4n) is 4.28. The number of aliphatic hydroxyl groups excluding tert-OH is 1. The van der Waals surface area contributed by atoms with Crippen LogP contribution in [0.2, 0.25) is 0 Å². The zero-order chi connectivity index (χ0) is 22.3. The highest BCUT2D eigenvalue weighted by Crippen LogP contribution is 2.40. The van der Waals surface area contributed by atoms with Crippen LogP contribution in [0.4, 0.5) is 0 Å². The Morgan fingerprint density at radius 3 is 2.42 bits per heavy atom. The summed E-state index contributed by atoms with van der Waals surface area (Å²) in [7, 11) is 0. The van der Waals surface area contributed by atoms with Crippen LogP contribution in [0, 0.1) is 6.92 Å². The standard InChI is InChI=1S/C25H29NO5/c1-15-7-12-19(31-15)22(27)20-21(16-8-10-17(11-9-16)25(2,3)4)26(24(29)23(20)28)14-18-6-5-13-30-18/h7-12,18,21,28H,5-6,13-14H2,1-4H3/t18-,21-/m1/s1. The van der Waals surface area contributed by atoms with Crippen LogP contribution in [-0.2, 0) is 14.9 Å². The van der Waals surface area contributed by atoms with Gasteiger partial charge < -0.3 is 19.2 Å². The second-order valence-electron chi connectivity index (χ2n) is 9.37. The Labute approximate surface area is 182 Å². The molecule has 0 spiro atoms. The van der Waals surface area contributed by atoms with Gasteiger partial charge in [0, 0.05) is 13.2 Å². The largest absolute Gasteiger partial charge is 0.503 e. The average Bonchev–Trinajstić information content (AvgIpc) is 3.44. The van der Waals surface area contributed by atoms with Crippen molar-refractivity contribution < 1.29 is 23.8 Å². The molecule has 31 heavy (non-hydrogen) atoms. The predicted octanol–water partition coefficient (Wildman–Crippen LogP) is 4.64. The molecule has 0 aliphatic carbocycles. The third-order valence-electron chi connectivity index (χ3n) is 6.03. The lowest BCUT2D eigenvalue weighted by Gasteiger charge is -2.29. The lowest BCUT2D eigenvalue weighted by molar-refractivity contribution is -0.131. The lowest BCUT2D eigenvalue weighted by Crippen LogP contribution is -2.37. The summed E-state index contributed by atoms with van der Waals surface area (Å²) in [4.78, 5) is 27.9. The molecule has 6 nitrogen and oxygen atoms in total. The number of benzene rings is 1. The predicted molar refractivity (Wildman–Crippen MR) is 116 cm³/mol. The Kier molecular flexibility index (Phi) is 5.52.